The maximum Gasteiger partial charge on any atom is 0.319 e. The van der Waals surface area contributed by atoms with Crippen molar-refractivity contribution in [1.82, 2.24) is 10.2 Å². The molecule has 5 atom stereocenters. The van der Waals surface area contributed by atoms with Gasteiger partial charge in [0.2, 0.25) is 0 Å². The molecule has 6 aromatic rings. The Morgan fingerprint density at radius 1 is 0.754 bits per heavy atom. The molecule has 5 unspecified atom stereocenters. The first-order valence-corrected chi connectivity index (χ1v) is 19.3. The van der Waals surface area contributed by atoms with E-state index in [4.69, 9.17) is 14.2 Å². The van der Waals surface area contributed by atoms with E-state index in [1.54, 1.807) is 12.1 Å². The minimum absolute atomic E-state index is 0.0186. The molecule has 1 fully saturated rings. The Balaban J connectivity index is 0.982. The summed E-state index contributed by atoms with van der Waals surface area (Å²) >= 11 is 0. The summed E-state index contributed by atoms with van der Waals surface area (Å²) in [5, 5.41) is 26.6. The van der Waals surface area contributed by atoms with E-state index in [-0.39, 0.29) is 30.9 Å². The molecule has 9 heteroatoms. The van der Waals surface area contributed by atoms with Crippen molar-refractivity contribution in [1.29, 1.82) is 0 Å². The fourth-order valence-electron chi connectivity index (χ4n) is 6.97. The Hall–Kier alpha value is -5.81. The third kappa shape index (κ3) is 10.5. The van der Waals surface area contributed by atoms with Crippen LogP contribution >= 0.6 is 0 Å². The smallest absolute Gasteiger partial charge is 0.319 e. The number of hydrogen-bond acceptors (Lipinski definition) is 7. The van der Waals surface area contributed by atoms with Crippen molar-refractivity contribution in [3.8, 4) is 22.6 Å². The maximum atomic E-state index is 12.7. The molecular formula is C48H49N3O6. The number of nitrogens with zero attached hydrogens (tertiary/aromatic N) is 1. The predicted octanol–water partition coefficient (Wildman–Crippen LogP) is 9.56. The Kier molecular flexibility index (Phi) is 13.1. The van der Waals surface area contributed by atoms with Crippen LogP contribution in [-0.2, 0) is 22.6 Å². The van der Waals surface area contributed by atoms with Crippen LogP contribution in [0.25, 0.3) is 11.1 Å². The molecule has 6 aromatic carbocycles. The van der Waals surface area contributed by atoms with E-state index in [0.717, 1.165) is 44.7 Å². The summed E-state index contributed by atoms with van der Waals surface area (Å²) in [5.41, 5.74) is 7.31. The number of amides is 2. The number of aliphatic hydroxyl groups is 2. The van der Waals surface area contributed by atoms with Gasteiger partial charge in [0, 0.05) is 36.8 Å². The average Bonchev–Trinajstić information content (AvgIpc) is 3.26. The van der Waals surface area contributed by atoms with Gasteiger partial charge in [0.15, 0.2) is 6.29 Å². The molecule has 4 N–H and O–H groups in total. The van der Waals surface area contributed by atoms with Crippen LogP contribution in [0, 0.1) is 0 Å². The molecule has 1 aliphatic rings. The fraction of sp³-hybridized carbons (Fsp3) is 0.229. The van der Waals surface area contributed by atoms with Crippen LogP contribution in [0.1, 0.15) is 59.7 Å². The lowest BCUT2D eigenvalue weighted by Crippen LogP contribution is -2.43. The van der Waals surface area contributed by atoms with E-state index in [9.17, 15) is 15.0 Å². The molecule has 0 aliphatic carbocycles. The number of benzene rings is 6. The van der Waals surface area contributed by atoms with E-state index in [1.165, 1.54) is 0 Å². The lowest BCUT2D eigenvalue weighted by atomic mass is 9.98. The van der Waals surface area contributed by atoms with Gasteiger partial charge in [-0.1, -0.05) is 115 Å². The zero-order chi connectivity index (χ0) is 39.6. The molecule has 0 spiro atoms. The predicted molar refractivity (Wildman–Crippen MR) is 223 cm³/mol. The first-order chi connectivity index (χ1) is 27.8. The average molecular weight is 764 g/mol. The van der Waals surface area contributed by atoms with Gasteiger partial charge in [0.25, 0.3) is 0 Å². The number of anilines is 1. The number of para-hydroxylation sites is 1. The van der Waals surface area contributed by atoms with Crippen LogP contribution in [0.2, 0.25) is 0 Å². The highest BCUT2D eigenvalue weighted by molar-refractivity contribution is 5.89. The lowest BCUT2D eigenvalue weighted by molar-refractivity contribution is -0.253. The van der Waals surface area contributed by atoms with Crippen molar-refractivity contribution >= 4 is 11.7 Å². The highest BCUT2D eigenvalue weighted by Crippen LogP contribution is 2.39. The van der Waals surface area contributed by atoms with Gasteiger partial charge in [-0.25, -0.2) is 4.79 Å². The van der Waals surface area contributed by atoms with Crippen molar-refractivity contribution in [3.63, 3.8) is 0 Å². The Morgan fingerprint density at radius 3 is 2.12 bits per heavy atom. The zero-order valence-electron chi connectivity index (χ0n) is 32.2. The quantitative estimate of drug-likeness (QED) is 0.0875. The summed E-state index contributed by atoms with van der Waals surface area (Å²) < 4.78 is 19.1. The van der Waals surface area contributed by atoms with Crippen LogP contribution in [0.5, 0.6) is 11.5 Å². The molecule has 292 valence electrons. The number of carbonyl (C=O) groups is 1. The first kappa shape index (κ1) is 39.4. The summed E-state index contributed by atoms with van der Waals surface area (Å²) in [5.74, 6) is 1.43. The van der Waals surface area contributed by atoms with Crippen molar-refractivity contribution in [2.24, 2.45) is 0 Å². The second-order valence-electron chi connectivity index (χ2n) is 14.5. The maximum absolute atomic E-state index is 12.7. The van der Waals surface area contributed by atoms with Crippen LogP contribution in [0.3, 0.4) is 0 Å². The largest absolute Gasteiger partial charge is 0.457 e. The minimum atomic E-state index is -0.641. The number of hydrogen-bond donors (Lipinski definition) is 4. The number of carbonyl (C=O) groups excluding carboxylic acids is 1. The van der Waals surface area contributed by atoms with E-state index in [0.29, 0.717) is 30.9 Å². The van der Waals surface area contributed by atoms with E-state index >= 15 is 0 Å². The topological polar surface area (TPSA) is 113 Å². The molecular weight excluding hydrogens is 715 g/mol. The van der Waals surface area contributed by atoms with Gasteiger partial charge in [-0.05, 0) is 89.8 Å². The van der Waals surface area contributed by atoms with Gasteiger partial charge >= 0.3 is 6.03 Å². The molecule has 7 rings (SSSR count). The molecule has 1 saturated heterocycles. The van der Waals surface area contributed by atoms with Crippen LogP contribution < -0.4 is 15.4 Å². The van der Waals surface area contributed by atoms with E-state index in [2.05, 4.69) is 33.7 Å². The van der Waals surface area contributed by atoms with Gasteiger partial charge in [0.05, 0.1) is 24.9 Å². The second kappa shape index (κ2) is 18.9. The van der Waals surface area contributed by atoms with Crippen molar-refractivity contribution in [3.05, 3.63) is 186 Å². The van der Waals surface area contributed by atoms with Crippen molar-refractivity contribution in [2.45, 2.75) is 57.1 Å². The zero-order valence-corrected chi connectivity index (χ0v) is 32.2. The number of rotatable bonds is 14. The van der Waals surface area contributed by atoms with E-state index in [1.807, 2.05) is 141 Å². The summed E-state index contributed by atoms with van der Waals surface area (Å²) in [7, 11) is 2.02. The molecule has 0 radical (unpaired) electrons. The standard InChI is InChI=1S/C48H49N3O6/c1-33(46(53)38-11-5-3-6-12-38)51(2)31-44-29-45(37-18-16-34(32-52)17-19-37)57-47(56-44)39-22-20-36(21-23-39)40-13-9-10-35(28-40)30-49-48(54)50-41-24-26-43(27-25-41)55-42-14-7-4-8-15-42/h3-28,33,44-47,52-53H,29-32H2,1-2H3,(H2,49,50,54). The molecule has 1 aliphatic heterocycles. The highest BCUT2D eigenvalue weighted by atomic mass is 16.7. The fourth-order valence-corrected chi connectivity index (χ4v) is 6.97. The molecule has 57 heavy (non-hydrogen) atoms. The number of ether oxygens (including phenoxy) is 3. The molecule has 2 amide bonds. The number of urea groups is 1. The number of likely N-dealkylation sites (N-methyl/N-ethyl adjacent to an activating group) is 1. The van der Waals surface area contributed by atoms with Gasteiger partial charge in [-0.2, -0.15) is 0 Å². The third-order valence-corrected chi connectivity index (χ3v) is 10.4. The second-order valence-corrected chi connectivity index (χ2v) is 14.5. The molecule has 0 saturated carbocycles. The number of aliphatic hydroxyl groups excluding tert-OH is 2. The van der Waals surface area contributed by atoms with Gasteiger partial charge < -0.3 is 35.1 Å². The minimum Gasteiger partial charge on any atom is -0.457 e. The molecule has 0 bridgehead atoms. The van der Waals surface area contributed by atoms with Gasteiger partial charge in [-0.3, -0.25) is 4.90 Å². The van der Waals surface area contributed by atoms with Crippen LogP contribution in [0.4, 0.5) is 10.5 Å². The van der Waals surface area contributed by atoms with Crippen molar-refractivity contribution in [2.75, 3.05) is 18.9 Å². The summed E-state index contributed by atoms with van der Waals surface area (Å²) in [6.07, 6.45) is -1.00. The Labute approximate surface area is 334 Å². The summed E-state index contributed by atoms with van der Waals surface area (Å²) in [6, 6.07) is 50.2. The Morgan fingerprint density at radius 2 is 1.42 bits per heavy atom. The van der Waals surface area contributed by atoms with Crippen LogP contribution in [0.15, 0.2) is 158 Å². The van der Waals surface area contributed by atoms with Gasteiger partial charge in [0.1, 0.15) is 11.5 Å². The first-order valence-electron chi connectivity index (χ1n) is 19.3. The molecule has 1 heterocycles. The highest BCUT2D eigenvalue weighted by Gasteiger charge is 2.34. The number of nitrogens with one attached hydrogen (secondary N) is 2. The monoisotopic (exact) mass is 763 g/mol. The van der Waals surface area contributed by atoms with E-state index < -0.39 is 12.4 Å². The van der Waals surface area contributed by atoms with Gasteiger partial charge in [-0.15, -0.1) is 0 Å². The Bertz CT molecular complexity index is 2170. The lowest BCUT2D eigenvalue weighted by Gasteiger charge is -2.39. The third-order valence-electron chi connectivity index (χ3n) is 10.4. The summed E-state index contributed by atoms with van der Waals surface area (Å²) in [6.45, 7) is 2.97. The summed E-state index contributed by atoms with van der Waals surface area (Å²) in [4.78, 5) is 14.9. The SMILES string of the molecule is CC(C(O)c1ccccc1)N(C)CC1CC(c2ccc(CO)cc2)OC(c2ccc(-c3cccc(CNC(=O)Nc4ccc(Oc5ccccc5)cc4)c3)cc2)O1. The van der Waals surface area contributed by atoms with Crippen molar-refractivity contribution < 1.29 is 29.2 Å². The van der Waals surface area contributed by atoms with Crippen LogP contribution in [-0.4, -0.2) is 46.9 Å². The molecule has 0 aromatic heterocycles. The normalized spacial score (nSPS) is 17.7. The molecule has 9 nitrogen and oxygen atoms in total.